The Bertz CT molecular complexity index is 514. The normalized spacial score (nSPS) is 11.5. The Labute approximate surface area is 123 Å². The van der Waals surface area contributed by atoms with Gasteiger partial charge in [0, 0.05) is 12.6 Å². The standard InChI is InChI=1S/C15H20FN3O2/c1-2-12(18)9-11-5-3-6-13(16)15(11)21-10-14(20)19-8-4-7-17/h3,5-6,12H,2,4,8-10,18H2,1H3,(H,19,20). The van der Waals surface area contributed by atoms with Gasteiger partial charge in [0.25, 0.3) is 5.91 Å². The van der Waals surface area contributed by atoms with E-state index in [0.717, 1.165) is 6.42 Å². The Morgan fingerprint density at radius 3 is 3.00 bits per heavy atom. The number of nitrogens with two attached hydrogens (primary N) is 1. The van der Waals surface area contributed by atoms with Gasteiger partial charge in [-0.1, -0.05) is 19.1 Å². The summed E-state index contributed by atoms with van der Waals surface area (Å²) in [5.74, 6) is -0.836. The Morgan fingerprint density at radius 1 is 1.57 bits per heavy atom. The number of rotatable bonds is 8. The van der Waals surface area contributed by atoms with E-state index in [-0.39, 0.29) is 37.3 Å². The molecule has 0 saturated carbocycles. The molecule has 1 unspecified atom stereocenters. The summed E-state index contributed by atoms with van der Waals surface area (Å²) < 4.78 is 19.1. The number of amides is 1. The molecule has 0 heterocycles. The van der Waals surface area contributed by atoms with Crippen molar-refractivity contribution in [1.29, 1.82) is 5.26 Å². The van der Waals surface area contributed by atoms with E-state index in [0.29, 0.717) is 12.0 Å². The lowest BCUT2D eigenvalue weighted by Crippen LogP contribution is -2.30. The molecule has 0 aliphatic heterocycles. The van der Waals surface area contributed by atoms with E-state index in [9.17, 15) is 9.18 Å². The number of halogens is 1. The molecule has 0 aromatic heterocycles. The van der Waals surface area contributed by atoms with Gasteiger partial charge in [0.15, 0.2) is 18.2 Å². The highest BCUT2D eigenvalue weighted by Crippen LogP contribution is 2.24. The number of benzene rings is 1. The van der Waals surface area contributed by atoms with Gasteiger partial charge >= 0.3 is 0 Å². The molecule has 1 atom stereocenters. The number of carbonyl (C=O) groups excluding carboxylic acids is 1. The lowest BCUT2D eigenvalue weighted by atomic mass is 10.0. The van der Waals surface area contributed by atoms with Gasteiger partial charge < -0.3 is 15.8 Å². The second-order valence-electron chi connectivity index (χ2n) is 4.65. The van der Waals surface area contributed by atoms with Gasteiger partial charge in [0.2, 0.25) is 0 Å². The van der Waals surface area contributed by atoms with Crippen LogP contribution in [0.3, 0.4) is 0 Å². The second-order valence-corrected chi connectivity index (χ2v) is 4.65. The fourth-order valence-electron chi connectivity index (χ4n) is 1.75. The van der Waals surface area contributed by atoms with E-state index in [1.807, 2.05) is 13.0 Å². The molecule has 0 aliphatic rings. The van der Waals surface area contributed by atoms with Crippen LogP contribution in [0.2, 0.25) is 0 Å². The summed E-state index contributed by atoms with van der Waals surface area (Å²) in [4.78, 5) is 11.5. The van der Waals surface area contributed by atoms with Crippen LogP contribution in [-0.4, -0.2) is 25.1 Å². The van der Waals surface area contributed by atoms with Crippen molar-refractivity contribution in [1.82, 2.24) is 5.32 Å². The van der Waals surface area contributed by atoms with Gasteiger partial charge in [0.1, 0.15) is 0 Å². The van der Waals surface area contributed by atoms with Crippen LogP contribution >= 0.6 is 0 Å². The van der Waals surface area contributed by atoms with Crippen LogP contribution < -0.4 is 15.8 Å². The molecule has 6 heteroatoms. The van der Waals surface area contributed by atoms with Crippen molar-refractivity contribution in [2.24, 2.45) is 5.73 Å². The quantitative estimate of drug-likeness (QED) is 0.711. The minimum atomic E-state index is -0.513. The first-order chi connectivity index (χ1) is 10.1. The van der Waals surface area contributed by atoms with Crippen molar-refractivity contribution < 1.29 is 13.9 Å². The minimum absolute atomic E-state index is 0.0665. The molecule has 0 aliphatic carbocycles. The van der Waals surface area contributed by atoms with Crippen molar-refractivity contribution in [3.05, 3.63) is 29.6 Å². The van der Waals surface area contributed by atoms with Gasteiger partial charge in [-0.3, -0.25) is 4.79 Å². The SMILES string of the molecule is CCC(N)Cc1cccc(F)c1OCC(=O)NCCC#N. The molecule has 114 valence electrons. The highest BCUT2D eigenvalue weighted by molar-refractivity contribution is 5.77. The molecule has 1 rings (SSSR count). The maximum Gasteiger partial charge on any atom is 0.257 e. The summed E-state index contributed by atoms with van der Waals surface area (Å²) in [6.45, 7) is 1.91. The molecule has 0 bridgehead atoms. The number of nitrogens with zero attached hydrogens (tertiary/aromatic N) is 1. The van der Waals surface area contributed by atoms with Crippen molar-refractivity contribution in [2.75, 3.05) is 13.2 Å². The van der Waals surface area contributed by atoms with Crippen molar-refractivity contribution in [3.8, 4) is 11.8 Å². The second kappa shape index (κ2) is 8.93. The summed E-state index contributed by atoms with van der Waals surface area (Å²) in [6, 6.07) is 6.44. The third-order valence-electron chi connectivity index (χ3n) is 2.96. The topological polar surface area (TPSA) is 88.1 Å². The number of hydrogen-bond acceptors (Lipinski definition) is 4. The van der Waals surface area contributed by atoms with Gasteiger partial charge in [-0.15, -0.1) is 0 Å². The predicted molar refractivity (Wildman–Crippen MR) is 77.1 cm³/mol. The molecule has 0 spiro atoms. The molecular formula is C15H20FN3O2. The number of nitriles is 1. The highest BCUT2D eigenvalue weighted by Gasteiger charge is 2.13. The number of carbonyl (C=O) groups is 1. The van der Waals surface area contributed by atoms with Crippen LogP contribution in [0.5, 0.6) is 5.75 Å². The smallest absolute Gasteiger partial charge is 0.257 e. The maximum absolute atomic E-state index is 13.8. The molecule has 1 amide bonds. The molecule has 5 nitrogen and oxygen atoms in total. The third kappa shape index (κ3) is 5.79. The third-order valence-corrected chi connectivity index (χ3v) is 2.96. The van der Waals surface area contributed by atoms with Crippen LogP contribution in [0.1, 0.15) is 25.3 Å². The van der Waals surface area contributed by atoms with E-state index in [1.165, 1.54) is 6.07 Å². The van der Waals surface area contributed by atoms with Crippen LogP contribution in [0.4, 0.5) is 4.39 Å². The summed E-state index contributed by atoms with van der Waals surface area (Å²) >= 11 is 0. The number of para-hydroxylation sites is 1. The molecule has 0 fully saturated rings. The molecule has 0 radical (unpaired) electrons. The zero-order chi connectivity index (χ0) is 15.7. The van der Waals surface area contributed by atoms with E-state index >= 15 is 0 Å². The monoisotopic (exact) mass is 293 g/mol. The zero-order valence-corrected chi connectivity index (χ0v) is 12.1. The molecule has 1 aromatic rings. The van der Waals surface area contributed by atoms with Gasteiger partial charge in [-0.05, 0) is 24.5 Å². The summed E-state index contributed by atoms with van der Waals surface area (Å²) in [7, 11) is 0. The molecular weight excluding hydrogens is 273 g/mol. The van der Waals surface area contributed by atoms with E-state index in [1.54, 1.807) is 12.1 Å². The first kappa shape index (κ1) is 16.9. The molecule has 3 N–H and O–H groups in total. The van der Waals surface area contributed by atoms with Gasteiger partial charge in [-0.25, -0.2) is 4.39 Å². The fourth-order valence-corrected chi connectivity index (χ4v) is 1.75. The number of hydrogen-bond donors (Lipinski definition) is 2. The predicted octanol–water partition coefficient (Wildman–Crippen LogP) is 1.51. The van der Waals surface area contributed by atoms with Crippen LogP contribution in [-0.2, 0) is 11.2 Å². The Kier molecular flexibility index (Phi) is 7.19. The number of nitrogens with one attached hydrogen (secondary N) is 1. The van der Waals surface area contributed by atoms with Crippen LogP contribution in [0.15, 0.2) is 18.2 Å². The first-order valence-corrected chi connectivity index (χ1v) is 6.87. The van der Waals surface area contributed by atoms with E-state index in [4.69, 9.17) is 15.7 Å². The largest absolute Gasteiger partial charge is 0.480 e. The minimum Gasteiger partial charge on any atom is -0.480 e. The summed E-state index contributed by atoms with van der Waals surface area (Å²) in [5, 5.41) is 10.9. The Morgan fingerprint density at radius 2 is 2.33 bits per heavy atom. The van der Waals surface area contributed by atoms with E-state index < -0.39 is 5.82 Å². The zero-order valence-electron chi connectivity index (χ0n) is 12.1. The average Bonchev–Trinajstić information content (AvgIpc) is 2.46. The lowest BCUT2D eigenvalue weighted by molar-refractivity contribution is -0.123. The van der Waals surface area contributed by atoms with Gasteiger partial charge in [-0.2, -0.15) is 5.26 Å². The molecule has 1 aromatic carbocycles. The van der Waals surface area contributed by atoms with Gasteiger partial charge in [0.05, 0.1) is 12.5 Å². The molecule has 0 saturated heterocycles. The highest BCUT2D eigenvalue weighted by atomic mass is 19.1. The maximum atomic E-state index is 13.8. The van der Waals surface area contributed by atoms with Crippen molar-refractivity contribution in [2.45, 2.75) is 32.2 Å². The first-order valence-electron chi connectivity index (χ1n) is 6.87. The Hall–Kier alpha value is -2.13. The summed E-state index contributed by atoms with van der Waals surface area (Å²) in [6.07, 6.45) is 1.48. The van der Waals surface area contributed by atoms with Crippen molar-refractivity contribution >= 4 is 5.91 Å². The van der Waals surface area contributed by atoms with Crippen LogP contribution in [0, 0.1) is 17.1 Å². The Balaban J connectivity index is 2.65. The average molecular weight is 293 g/mol. The summed E-state index contributed by atoms with van der Waals surface area (Å²) in [5.41, 5.74) is 6.52. The van der Waals surface area contributed by atoms with Crippen LogP contribution in [0.25, 0.3) is 0 Å². The molecule has 21 heavy (non-hydrogen) atoms. The number of ether oxygens (including phenoxy) is 1. The van der Waals surface area contributed by atoms with E-state index in [2.05, 4.69) is 5.32 Å². The lowest BCUT2D eigenvalue weighted by Gasteiger charge is -2.15. The fraction of sp³-hybridized carbons (Fsp3) is 0.467. The van der Waals surface area contributed by atoms with Crippen molar-refractivity contribution in [3.63, 3.8) is 0 Å².